The summed E-state index contributed by atoms with van der Waals surface area (Å²) >= 11 is 1.53. The molecule has 5 heteroatoms. The molecule has 0 fully saturated rings. The maximum atomic E-state index is 12.1. The minimum absolute atomic E-state index is 0.191. The first-order valence-electron chi connectivity index (χ1n) is 8.36. The molecular weight excluding hydrogens is 346 g/mol. The van der Waals surface area contributed by atoms with Crippen LogP contribution in [0.15, 0.2) is 47.8 Å². The van der Waals surface area contributed by atoms with E-state index in [2.05, 4.69) is 11.9 Å². The summed E-state index contributed by atoms with van der Waals surface area (Å²) in [6, 6.07) is 13.8. The zero-order valence-corrected chi connectivity index (χ0v) is 15.9. The average Bonchev–Trinajstić information content (AvgIpc) is 3.12. The van der Waals surface area contributed by atoms with Gasteiger partial charge in [-0.25, -0.2) is 4.98 Å². The maximum Gasteiger partial charge on any atom is 0.310 e. The lowest BCUT2D eigenvalue weighted by molar-refractivity contribution is -0.144. The minimum atomic E-state index is -0.243. The van der Waals surface area contributed by atoms with Crippen LogP contribution in [0.4, 0.5) is 0 Å². The summed E-state index contributed by atoms with van der Waals surface area (Å²) in [5.41, 5.74) is 5.14. The van der Waals surface area contributed by atoms with E-state index in [-0.39, 0.29) is 19.0 Å². The molecule has 0 aliphatic carbocycles. The van der Waals surface area contributed by atoms with E-state index in [1.165, 1.54) is 22.5 Å². The molecule has 2 aromatic carbocycles. The number of methoxy groups -OCH3 is 1. The van der Waals surface area contributed by atoms with Crippen LogP contribution in [0.2, 0.25) is 0 Å². The Kier molecular flexibility index (Phi) is 5.68. The topological polar surface area (TPSA) is 48.4 Å². The third kappa shape index (κ3) is 4.49. The highest BCUT2D eigenvalue weighted by molar-refractivity contribution is 7.13. The van der Waals surface area contributed by atoms with Crippen molar-refractivity contribution >= 4 is 17.3 Å². The molecule has 1 aromatic heterocycles. The van der Waals surface area contributed by atoms with Crippen LogP contribution >= 0.6 is 11.3 Å². The second-order valence-corrected chi connectivity index (χ2v) is 6.99. The fourth-order valence-electron chi connectivity index (χ4n) is 2.53. The molecule has 134 valence electrons. The second kappa shape index (κ2) is 8.15. The average molecular weight is 367 g/mol. The predicted octanol–water partition coefficient (Wildman–Crippen LogP) is 4.72. The Bertz CT molecular complexity index is 900. The molecule has 0 atom stereocenters. The molecule has 0 aliphatic heterocycles. The van der Waals surface area contributed by atoms with Gasteiger partial charge < -0.3 is 9.47 Å². The molecule has 0 saturated carbocycles. The van der Waals surface area contributed by atoms with Crippen molar-refractivity contribution in [1.29, 1.82) is 0 Å². The van der Waals surface area contributed by atoms with E-state index in [0.717, 1.165) is 27.6 Å². The SMILES string of the molecule is COc1ccc(-c2nc(COC(=O)Cc3ccc(C)c(C)c3)cs2)cc1. The van der Waals surface area contributed by atoms with Crippen molar-refractivity contribution in [3.63, 3.8) is 0 Å². The van der Waals surface area contributed by atoms with Crippen LogP contribution < -0.4 is 4.74 Å². The lowest BCUT2D eigenvalue weighted by Gasteiger charge is -2.06. The zero-order chi connectivity index (χ0) is 18.5. The van der Waals surface area contributed by atoms with Gasteiger partial charge in [-0.2, -0.15) is 0 Å². The van der Waals surface area contributed by atoms with Gasteiger partial charge in [0.25, 0.3) is 0 Å². The fraction of sp³-hybridized carbons (Fsp3) is 0.238. The van der Waals surface area contributed by atoms with Gasteiger partial charge in [0, 0.05) is 10.9 Å². The number of hydrogen-bond acceptors (Lipinski definition) is 5. The molecule has 0 aliphatic rings. The van der Waals surface area contributed by atoms with Crippen LogP contribution in [0.3, 0.4) is 0 Å². The Hall–Kier alpha value is -2.66. The minimum Gasteiger partial charge on any atom is -0.497 e. The van der Waals surface area contributed by atoms with Gasteiger partial charge in [-0.3, -0.25) is 4.79 Å². The first-order valence-corrected chi connectivity index (χ1v) is 9.23. The number of carbonyl (C=O) groups excluding carboxylic acids is 1. The summed E-state index contributed by atoms with van der Waals surface area (Å²) in [6.07, 6.45) is 0.274. The highest BCUT2D eigenvalue weighted by atomic mass is 32.1. The number of esters is 1. The van der Waals surface area contributed by atoms with Crippen LogP contribution in [0.5, 0.6) is 5.75 Å². The van der Waals surface area contributed by atoms with Crippen molar-refractivity contribution in [2.45, 2.75) is 26.9 Å². The van der Waals surface area contributed by atoms with Crippen LogP contribution in [-0.2, 0) is 22.6 Å². The van der Waals surface area contributed by atoms with E-state index in [1.54, 1.807) is 7.11 Å². The summed E-state index contributed by atoms with van der Waals surface area (Å²) in [6.45, 7) is 4.29. The van der Waals surface area contributed by atoms with E-state index in [1.807, 2.05) is 54.8 Å². The molecular formula is C21H21NO3S. The smallest absolute Gasteiger partial charge is 0.310 e. The van der Waals surface area contributed by atoms with Gasteiger partial charge >= 0.3 is 5.97 Å². The first kappa shape index (κ1) is 18.1. The number of benzene rings is 2. The molecule has 0 spiro atoms. The molecule has 3 rings (SSSR count). The number of thiazole rings is 1. The summed E-state index contributed by atoms with van der Waals surface area (Å²) in [5.74, 6) is 0.568. The van der Waals surface area contributed by atoms with Crippen LogP contribution in [0.25, 0.3) is 10.6 Å². The number of rotatable bonds is 6. The Balaban J connectivity index is 1.56. The van der Waals surface area contributed by atoms with Crippen LogP contribution in [0, 0.1) is 13.8 Å². The summed E-state index contributed by atoms with van der Waals surface area (Å²) in [7, 11) is 1.64. The van der Waals surface area contributed by atoms with E-state index >= 15 is 0 Å². The lowest BCUT2D eigenvalue weighted by atomic mass is 10.0. The number of hydrogen-bond donors (Lipinski definition) is 0. The number of carbonyl (C=O) groups is 1. The molecule has 3 aromatic rings. The third-order valence-corrected chi connectivity index (χ3v) is 5.13. The van der Waals surface area contributed by atoms with E-state index in [9.17, 15) is 4.79 Å². The Morgan fingerprint density at radius 2 is 1.85 bits per heavy atom. The monoisotopic (exact) mass is 367 g/mol. The fourth-order valence-corrected chi connectivity index (χ4v) is 3.34. The molecule has 26 heavy (non-hydrogen) atoms. The quantitative estimate of drug-likeness (QED) is 0.592. The van der Waals surface area contributed by atoms with Gasteiger partial charge in [-0.05, 0) is 54.8 Å². The summed E-state index contributed by atoms with van der Waals surface area (Å²) < 4.78 is 10.5. The van der Waals surface area contributed by atoms with Crippen molar-refractivity contribution in [2.75, 3.05) is 7.11 Å². The molecule has 0 unspecified atom stereocenters. The van der Waals surface area contributed by atoms with Crippen LogP contribution in [0.1, 0.15) is 22.4 Å². The predicted molar refractivity (Wildman–Crippen MR) is 104 cm³/mol. The standard InChI is InChI=1S/C21H21NO3S/c1-14-4-5-16(10-15(14)2)11-20(23)25-12-18-13-26-21(22-18)17-6-8-19(24-3)9-7-17/h4-10,13H,11-12H2,1-3H3. The Morgan fingerprint density at radius 3 is 2.54 bits per heavy atom. The number of ether oxygens (including phenoxy) is 2. The highest BCUT2D eigenvalue weighted by Gasteiger charge is 2.09. The summed E-state index contributed by atoms with van der Waals surface area (Å²) in [5, 5.41) is 2.82. The van der Waals surface area contributed by atoms with Crippen LogP contribution in [-0.4, -0.2) is 18.1 Å². The highest BCUT2D eigenvalue weighted by Crippen LogP contribution is 2.26. The van der Waals surface area contributed by atoms with Crippen molar-refractivity contribution in [2.24, 2.45) is 0 Å². The molecule has 4 nitrogen and oxygen atoms in total. The largest absolute Gasteiger partial charge is 0.497 e. The normalized spacial score (nSPS) is 10.6. The molecule has 0 amide bonds. The molecule has 0 bridgehead atoms. The van der Waals surface area contributed by atoms with Gasteiger partial charge in [-0.1, -0.05) is 18.2 Å². The Morgan fingerprint density at radius 1 is 1.08 bits per heavy atom. The van der Waals surface area contributed by atoms with E-state index in [0.29, 0.717) is 0 Å². The van der Waals surface area contributed by atoms with Gasteiger partial charge in [0.15, 0.2) is 0 Å². The Labute approximate surface area is 157 Å². The van der Waals surface area contributed by atoms with E-state index in [4.69, 9.17) is 9.47 Å². The zero-order valence-electron chi connectivity index (χ0n) is 15.1. The maximum absolute atomic E-state index is 12.1. The summed E-state index contributed by atoms with van der Waals surface area (Å²) in [4.78, 5) is 16.6. The van der Waals surface area contributed by atoms with Crippen molar-refractivity contribution in [3.8, 4) is 16.3 Å². The van der Waals surface area contributed by atoms with Crippen molar-refractivity contribution in [1.82, 2.24) is 4.98 Å². The van der Waals surface area contributed by atoms with Gasteiger partial charge in [0.05, 0.1) is 19.2 Å². The number of aryl methyl sites for hydroxylation is 2. The van der Waals surface area contributed by atoms with Gasteiger partial charge in [-0.15, -0.1) is 11.3 Å². The number of aromatic nitrogens is 1. The second-order valence-electron chi connectivity index (χ2n) is 6.13. The van der Waals surface area contributed by atoms with Crippen molar-refractivity contribution < 1.29 is 14.3 Å². The molecule has 0 radical (unpaired) electrons. The first-order chi connectivity index (χ1) is 12.5. The van der Waals surface area contributed by atoms with Gasteiger partial charge in [0.1, 0.15) is 17.4 Å². The third-order valence-electron chi connectivity index (χ3n) is 4.19. The van der Waals surface area contributed by atoms with Crippen molar-refractivity contribution in [3.05, 3.63) is 70.2 Å². The molecule has 0 N–H and O–H groups in total. The van der Waals surface area contributed by atoms with Gasteiger partial charge in [0.2, 0.25) is 0 Å². The lowest BCUT2D eigenvalue weighted by Crippen LogP contribution is -2.08. The molecule has 0 saturated heterocycles. The van der Waals surface area contributed by atoms with E-state index < -0.39 is 0 Å². The number of nitrogens with zero attached hydrogens (tertiary/aromatic N) is 1. The molecule has 1 heterocycles.